The van der Waals surface area contributed by atoms with Crippen molar-refractivity contribution in [2.24, 2.45) is 0 Å². The minimum absolute atomic E-state index is 0.134. The van der Waals surface area contributed by atoms with E-state index in [4.69, 9.17) is 21.1 Å². The number of rotatable bonds is 6. The van der Waals surface area contributed by atoms with Crippen LogP contribution in [0.25, 0.3) is 0 Å². The van der Waals surface area contributed by atoms with E-state index in [-0.39, 0.29) is 12.1 Å². The molecule has 6 heteroatoms. The third-order valence-corrected chi connectivity index (χ3v) is 4.20. The first-order chi connectivity index (χ1) is 12.2. The van der Waals surface area contributed by atoms with E-state index in [1.807, 2.05) is 48.5 Å². The maximum Gasteiger partial charge on any atom is 0.319 e. The number of amides is 2. The fraction of sp³-hybridized carbons (Fsp3) is 0.316. The molecule has 2 N–H and O–H groups in total. The van der Waals surface area contributed by atoms with Crippen LogP contribution in [0, 0.1) is 0 Å². The molecule has 5 nitrogen and oxygen atoms in total. The SMILES string of the molecule is O=C(NCC1CCCO1)Nc1ccc(OCc2ccc(Cl)cc2)cc1. The molecule has 1 atom stereocenters. The largest absolute Gasteiger partial charge is 0.489 e. The Morgan fingerprint density at radius 1 is 1.16 bits per heavy atom. The molecule has 0 aromatic heterocycles. The van der Waals surface area contributed by atoms with E-state index in [1.165, 1.54) is 0 Å². The number of hydrogen-bond donors (Lipinski definition) is 2. The third-order valence-electron chi connectivity index (χ3n) is 3.95. The quantitative estimate of drug-likeness (QED) is 0.810. The third kappa shape index (κ3) is 5.66. The van der Waals surface area contributed by atoms with E-state index >= 15 is 0 Å². The Kier molecular flexibility index (Phi) is 6.14. The van der Waals surface area contributed by atoms with Crippen LogP contribution in [0.15, 0.2) is 48.5 Å². The summed E-state index contributed by atoms with van der Waals surface area (Å²) in [5, 5.41) is 6.32. The number of benzene rings is 2. The Bertz CT molecular complexity index is 683. The van der Waals surface area contributed by atoms with Gasteiger partial charge >= 0.3 is 6.03 Å². The summed E-state index contributed by atoms with van der Waals surface area (Å²) in [5.74, 6) is 0.736. The zero-order valence-corrected chi connectivity index (χ0v) is 14.6. The second-order valence-corrected chi connectivity index (χ2v) is 6.35. The van der Waals surface area contributed by atoms with Crippen LogP contribution in [0.1, 0.15) is 18.4 Å². The fourth-order valence-electron chi connectivity index (χ4n) is 2.57. The van der Waals surface area contributed by atoms with Crippen LogP contribution in [-0.2, 0) is 11.3 Å². The van der Waals surface area contributed by atoms with Gasteiger partial charge in [0.25, 0.3) is 0 Å². The van der Waals surface area contributed by atoms with Gasteiger partial charge in [0, 0.05) is 23.9 Å². The molecule has 25 heavy (non-hydrogen) atoms. The van der Waals surface area contributed by atoms with E-state index in [2.05, 4.69) is 10.6 Å². The molecule has 2 amide bonds. The summed E-state index contributed by atoms with van der Waals surface area (Å²) in [7, 11) is 0. The lowest BCUT2D eigenvalue weighted by Crippen LogP contribution is -2.34. The van der Waals surface area contributed by atoms with E-state index in [0.717, 1.165) is 30.8 Å². The monoisotopic (exact) mass is 360 g/mol. The van der Waals surface area contributed by atoms with E-state index < -0.39 is 0 Å². The van der Waals surface area contributed by atoms with Gasteiger partial charge in [0.05, 0.1) is 6.10 Å². The lowest BCUT2D eigenvalue weighted by molar-refractivity contribution is 0.112. The van der Waals surface area contributed by atoms with Crippen molar-refractivity contribution >= 4 is 23.3 Å². The van der Waals surface area contributed by atoms with Gasteiger partial charge in [0.2, 0.25) is 0 Å². The molecule has 0 saturated carbocycles. The predicted octanol–water partition coefficient (Wildman–Crippen LogP) is 4.22. The van der Waals surface area contributed by atoms with Crippen molar-refractivity contribution in [3.63, 3.8) is 0 Å². The van der Waals surface area contributed by atoms with Crippen LogP contribution in [0.3, 0.4) is 0 Å². The summed E-state index contributed by atoms with van der Waals surface area (Å²) >= 11 is 5.86. The summed E-state index contributed by atoms with van der Waals surface area (Å²) in [4.78, 5) is 11.9. The number of hydrogen-bond acceptors (Lipinski definition) is 3. The first kappa shape index (κ1) is 17.6. The first-order valence-corrected chi connectivity index (χ1v) is 8.70. The molecule has 1 unspecified atom stereocenters. The normalized spacial score (nSPS) is 16.4. The Morgan fingerprint density at radius 2 is 1.92 bits per heavy atom. The second-order valence-electron chi connectivity index (χ2n) is 5.91. The van der Waals surface area contributed by atoms with Gasteiger partial charge < -0.3 is 20.1 Å². The smallest absolute Gasteiger partial charge is 0.319 e. The number of carbonyl (C=O) groups excluding carboxylic acids is 1. The molecule has 1 heterocycles. The van der Waals surface area contributed by atoms with Gasteiger partial charge in [-0.15, -0.1) is 0 Å². The van der Waals surface area contributed by atoms with Crippen LogP contribution in [0.2, 0.25) is 5.02 Å². The molecule has 0 bridgehead atoms. The van der Waals surface area contributed by atoms with Crippen molar-refractivity contribution in [2.45, 2.75) is 25.6 Å². The van der Waals surface area contributed by atoms with Gasteiger partial charge in [-0.1, -0.05) is 23.7 Å². The zero-order valence-electron chi connectivity index (χ0n) is 13.8. The molecule has 3 rings (SSSR count). The first-order valence-electron chi connectivity index (χ1n) is 8.33. The molecule has 2 aromatic rings. The highest BCUT2D eigenvalue weighted by atomic mass is 35.5. The van der Waals surface area contributed by atoms with Gasteiger partial charge in [-0.2, -0.15) is 0 Å². The number of anilines is 1. The number of nitrogens with one attached hydrogen (secondary N) is 2. The van der Waals surface area contributed by atoms with Crippen molar-refractivity contribution in [2.75, 3.05) is 18.5 Å². The number of carbonyl (C=O) groups is 1. The van der Waals surface area contributed by atoms with E-state index in [1.54, 1.807) is 0 Å². The number of urea groups is 1. The van der Waals surface area contributed by atoms with E-state index in [9.17, 15) is 4.79 Å². The minimum atomic E-state index is -0.231. The van der Waals surface area contributed by atoms with Crippen LogP contribution in [0.5, 0.6) is 5.75 Å². The highest BCUT2D eigenvalue weighted by Crippen LogP contribution is 2.18. The molecule has 1 fully saturated rings. The summed E-state index contributed by atoms with van der Waals surface area (Å²) < 4.78 is 11.2. The molecule has 0 radical (unpaired) electrons. The average molecular weight is 361 g/mol. The maximum absolute atomic E-state index is 11.9. The fourth-order valence-corrected chi connectivity index (χ4v) is 2.69. The lowest BCUT2D eigenvalue weighted by Gasteiger charge is -2.12. The van der Waals surface area contributed by atoms with Crippen molar-refractivity contribution in [3.8, 4) is 5.75 Å². The Hall–Kier alpha value is -2.24. The van der Waals surface area contributed by atoms with Crippen molar-refractivity contribution < 1.29 is 14.3 Å². The summed E-state index contributed by atoms with van der Waals surface area (Å²) in [6.07, 6.45) is 2.19. The molecule has 132 valence electrons. The zero-order chi connectivity index (χ0) is 17.5. The number of halogens is 1. The minimum Gasteiger partial charge on any atom is -0.489 e. The standard InChI is InChI=1S/C19H21ClN2O3/c20-15-5-3-14(4-6-15)13-25-17-9-7-16(8-10-17)22-19(23)21-12-18-2-1-11-24-18/h3-10,18H,1-2,11-13H2,(H2,21,22,23). The van der Waals surface area contributed by atoms with Crippen LogP contribution < -0.4 is 15.4 Å². The van der Waals surface area contributed by atoms with Gasteiger partial charge in [-0.3, -0.25) is 0 Å². The summed E-state index contributed by atoms with van der Waals surface area (Å²) in [6.45, 7) is 1.78. The van der Waals surface area contributed by atoms with Crippen molar-refractivity contribution in [3.05, 3.63) is 59.1 Å². The molecule has 1 aliphatic rings. The topological polar surface area (TPSA) is 59.6 Å². The van der Waals surface area contributed by atoms with Gasteiger partial charge in [0.1, 0.15) is 12.4 Å². The Balaban J connectivity index is 1.43. The molecule has 1 aliphatic heterocycles. The molecule has 0 aliphatic carbocycles. The summed E-state index contributed by atoms with van der Waals surface area (Å²) in [5.41, 5.74) is 1.75. The van der Waals surface area contributed by atoms with Gasteiger partial charge in [-0.05, 0) is 54.8 Å². The maximum atomic E-state index is 11.9. The van der Waals surface area contributed by atoms with Crippen LogP contribution in [-0.4, -0.2) is 25.3 Å². The van der Waals surface area contributed by atoms with Gasteiger partial charge in [0.15, 0.2) is 0 Å². The number of ether oxygens (including phenoxy) is 2. The molecule has 1 saturated heterocycles. The van der Waals surface area contributed by atoms with Crippen LogP contribution >= 0.6 is 11.6 Å². The van der Waals surface area contributed by atoms with E-state index in [0.29, 0.717) is 23.9 Å². The van der Waals surface area contributed by atoms with Crippen molar-refractivity contribution in [1.29, 1.82) is 0 Å². The molecule has 2 aromatic carbocycles. The van der Waals surface area contributed by atoms with Crippen LogP contribution in [0.4, 0.5) is 10.5 Å². The highest BCUT2D eigenvalue weighted by molar-refractivity contribution is 6.30. The molecular weight excluding hydrogens is 340 g/mol. The van der Waals surface area contributed by atoms with Gasteiger partial charge in [-0.25, -0.2) is 4.79 Å². The van der Waals surface area contributed by atoms with Crippen molar-refractivity contribution in [1.82, 2.24) is 5.32 Å². The molecule has 0 spiro atoms. The summed E-state index contributed by atoms with van der Waals surface area (Å²) in [6, 6.07) is 14.6. The predicted molar refractivity (Wildman–Crippen MR) is 98.2 cm³/mol. The highest BCUT2D eigenvalue weighted by Gasteiger charge is 2.16. The molecular formula is C19H21ClN2O3. The Labute approximate surface area is 152 Å². The average Bonchev–Trinajstić information content (AvgIpc) is 3.14. The lowest BCUT2D eigenvalue weighted by atomic mass is 10.2. The second kappa shape index (κ2) is 8.74. The Morgan fingerprint density at radius 3 is 2.60 bits per heavy atom.